The minimum absolute atomic E-state index is 0.0104. The van der Waals surface area contributed by atoms with Crippen molar-refractivity contribution >= 4 is 11.6 Å². The van der Waals surface area contributed by atoms with E-state index in [1.807, 2.05) is 6.07 Å². The second-order valence-electron chi connectivity index (χ2n) is 4.12. The molecule has 0 spiro atoms. The van der Waals surface area contributed by atoms with E-state index >= 15 is 0 Å². The summed E-state index contributed by atoms with van der Waals surface area (Å²) in [5.41, 5.74) is 1.10. The van der Waals surface area contributed by atoms with Crippen LogP contribution in [-0.2, 0) is 14.3 Å². The number of amides is 1. The Morgan fingerprint density at radius 3 is 3.00 bits per heavy atom. The quantitative estimate of drug-likeness (QED) is 0.869. The molecule has 5 nitrogen and oxygen atoms in total. The molecule has 0 saturated carbocycles. The smallest absolute Gasteiger partial charge is 0.253 e. The molecule has 1 aromatic rings. The van der Waals surface area contributed by atoms with Crippen molar-refractivity contribution in [2.75, 3.05) is 18.5 Å². The van der Waals surface area contributed by atoms with Crippen molar-refractivity contribution in [1.82, 2.24) is 0 Å². The van der Waals surface area contributed by atoms with Gasteiger partial charge in [0.05, 0.1) is 24.8 Å². The first-order chi connectivity index (χ1) is 8.69. The Balaban J connectivity index is 1.91. The number of rotatable bonds is 4. The second kappa shape index (κ2) is 5.63. The van der Waals surface area contributed by atoms with Crippen molar-refractivity contribution < 1.29 is 14.3 Å². The highest BCUT2D eigenvalue weighted by Gasteiger charge is 2.24. The molecule has 1 saturated heterocycles. The van der Waals surface area contributed by atoms with Crippen molar-refractivity contribution in [3.05, 3.63) is 29.8 Å². The molecule has 18 heavy (non-hydrogen) atoms. The molecule has 2 rings (SSSR count). The van der Waals surface area contributed by atoms with Crippen LogP contribution in [0.4, 0.5) is 5.69 Å². The number of carbonyl (C=O) groups is 1. The van der Waals surface area contributed by atoms with E-state index < -0.39 is 6.10 Å². The van der Waals surface area contributed by atoms with Gasteiger partial charge in [0.2, 0.25) is 0 Å². The second-order valence-corrected chi connectivity index (χ2v) is 4.12. The van der Waals surface area contributed by atoms with Crippen molar-refractivity contribution in [2.45, 2.75) is 19.1 Å². The molecule has 0 radical (unpaired) electrons. The van der Waals surface area contributed by atoms with Crippen molar-refractivity contribution in [3.8, 4) is 6.07 Å². The van der Waals surface area contributed by atoms with Gasteiger partial charge in [-0.3, -0.25) is 4.79 Å². The van der Waals surface area contributed by atoms with Crippen LogP contribution in [0.25, 0.3) is 0 Å². The zero-order chi connectivity index (χ0) is 13.0. The summed E-state index contributed by atoms with van der Waals surface area (Å²) in [5, 5.41) is 11.5. The first-order valence-electron chi connectivity index (χ1n) is 5.73. The maximum atomic E-state index is 11.8. The van der Waals surface area contributed by atoms with E-state index in [1.54, 1.807) is 31.2 Å². The van der Waals surface area contributed by atoms with Gasteiger partial charge in [0.25, 0.3) is 5.91 Å². The highest BCUT2D eigenvalue weighted by atomic mass is 16.6. The first kappa shape index (κ1) is 12.6. The fourth-order valence-electron chi connectivity index (χ4n) is 1.55. The lowest BCUT2D eigenvalue weighted by Crippen LogP contribution is -2.41. The number of hydrogen-bond donors (Lipinski definition) is 1. The molecule has 0 aliphatic carbocycles. The fraction of sp³-hybridized carbons (Fsp3) is 0.385. The van der Waals surface area contributed by atoms with Crippen LogP contribution < -0.4 is 5.32 Å². The van der Waals surface area contributed by atoms with E-state index in [2.05, 4.69) is 5.32 Å². The summed E-state index contributed by atoms with van der Waals surface area (Å²) < 4.78 is 10.4. The van der Waals surface area contributed by atoms with Crippen molar-refractivity contribution in [3.63, 3.8) is 0 Å². The molecule has 0 aromatic heterocycles. The fourth-order valence-corrected chi connectivity index (χ4v) is 1.55. The number of benzene rings is 1. The molecule has 1 atom stereocenters. The van der Waals surface area contributed by atoms with Gasteiger partial charge in [-0.1, -0.05) is 6.07 Å². The van der Waals surface area contributed by atoms with Crippen LogP contribution in [0.5, 0.6) is 0 Å². The van der Waals surface area contributed by atoms with E-state index in [9.17, 15) is 4.79 Å². The zero-order valence-corrected chi connectivity index (χ0v) is 10.1. The molecule has 5 heteroatoms. The van der Waals surface area contributed by atoms with Gasteiger partial charge in [0, 0.05) is 5.69 Å². The van der Waals surface area contributed by atoms with E-state index in [1.165, 1.54) is 0 Å². The Hall–Kier alpha value is -1.90. The lowest BCUT2D eigenvalue weighted by Gasteiger charge is -2.28. The molecule has 1 aliphatic heterocycles. The van der Waals surface area contributed by atoms with E-state index in [-0.39, 0.29) is 12.0 Å². The van der Waals surface area contributed by atoms with Gasteiger partial charge in [-0.05, 0) is 25.1 Å². The highest BCUT2D eigenvalue weighted by Crippen LogP contribution is 2.13. The monoisotopic (exact) mass is 246 g/mol. The summed E-state index contributed by atoms with van der Waals surface area (Å²) in [7, 11) is 0. The summed E-state index contributed by atoms with van der Waals surface area (Å²) in [6, 6.07) is 8.78. The highest BCUT2D eigenvalue weighted by molar-refractivity contribution is 5.94. The standard InChI is InChI=1S/C13H14N2O3/c1-9(18-12-7-17-8-12)13(16)15-11-4-2-3-10(5-11)6-14/h2-5,9,12H,7-8H2,1H3,(H,15,16). The van der Waals surface area contributed by atoms with E-state index in [4.69, 9.17) is 14.7 Å². The summed E-state index contributed by atoms with van der Waals surface area (Å²) in [4.78, 5) is 11.8. The molecule has 1 heterocycles. The largest absolute Gasteiger partial charge is 0.376 e. The Labute approximate surface area is 105 Å². The van der Waals surface area contributed by atoms with Crippen LogP contribution in [0.15, 0.2) is 24.3 Å². The number of carbonyl (C=O) groups excluding carboxylic acids is 1. The van der Waals surface area contributed by atoms with Gasteiger partial charge >= 0.3 is 0 Å². The molecule has 1 fully saturated rings. The van der Waals surface area contributed by atoms with Gasteiger partial charge in [0.15, 0.2) is 0 Å². The minimum atomic E-state index is -0.537. The third-order valence-electron chi connectivity index (χ3n) is 2.63. The molecule has 1 unspecified atom stereocenters. The molecule has 1 N–H and O–H groups in total. The van der Waals surface area contributed by atoms with Crippen LogP contribution in [0.2, 0.25) is 0 Å². The van der Waals surface area contributed by atoms with Gasteiger partial charge in [0.1, 0.15) is 12.2 Å². The van der Waals surface area contributed by atoms with Crippen LogP contribution in [0.3, 0.4) is 0 Å². The number of nitrogens with one attached hydrogen (secondary N) is 1. The minimum Gasteiger partial charge on any atom is -0.376 e. The van der Waals surface area contributed by atoms with E-state index in [0.29, 0.717) is 24.5 Å². The number of nitrogens with zero attached hydrogens (tertiary/aromatic N) is 1. The molecule has 0 bridgehead atoms. The van der Waals surface area contributed by atoms with Gasteiger partial charge < -0.3 is 14.8 Å². The summed E-state index contributed by atoms with van der Waals surface area (Å²) in [5.74, 6) is -0.225. The van der Waals surface area contributed by atoms with Crippen molar-refractivity contribution in [1.29, 1.82) is 5.26 Å². The van der Waals surface area contributed by atoms with Crippen LogP contribution in [0.1, 0.15) is 12.5 Å². The van der Waals surface area contributed by atoms with Gasteiger partial charge in [-0.25, -0.2) is 0 Å². The number of nitriles is 1. The average molecular weight is 246 g/mol. The summed E-state index contributed by atoms with van der Waals surface area (Å²) in [6.07, 6.45) is -0.527. The first-order valence-corrected chi connectivity index (χ1v) is 5.73. The SMILES string of the molecule is CC(OC1COC1)C(=O)Nc1cccc(C#N)c1. The van der Waals surface area contributed by atoms with Crippen LogP contribution in [0, 0.1) is 11.3 Å². The third kappa shape index (κ3) is 3.06. The Morgan fingerprint density at radius 2 is 2.39 bits per heavy atom. The molecule has 94 valence electrons. The topological polar surface area (TPSA) is 71.3 Å². The summed E-state index contributed by atoms with van der Waals surface area (Å²) >= 11 is 0. The molecule has 1 aliphatic rings. The third-order valence-corrected chi connectivity index (χ3v) is 2.63. The Morgan fingerprint density at radius 1 is 1.61 bits per heavy atom. The Bertz CT molecular complexity index is 477. The lowest BCUT2D eigenvalue weighted by atomic mass is 10.2. The van der Waals surface area contributed by atoms with Gasteiger partial charge in [-0.15, -0.1) is 0 Å². The Kier molecular flexibility index (Phi) is 3.92. The number of anilines is 1. The number of hydrogen-bond acceptors (Lipinski definition) is 4. The molecule has 1 amide bonds. The zero-order valence-electron chi connectivity index (χ0n) is 10.1. The molecular formula is C13H14N2O3. The maximum Gasteiger partial charge on any atom is 0.253 e. The number of ether oxygens (including phenoxy) is 2. The van der Waals surface area contributed by atoms with Gasteiger partial charge in [-0.2, -0.15) is 5.26 Å². The molecule has 1 aromatic carbocycles. The van der Waals surface area contributed by atoms with Crippen LogP contribution >= 0.6 is 0 Å². The predicted molar refractivity (Wildman–Crippen MR) is 64.9 cm³/mol. The molecular weight excluding hydrogens is 232 g/mol. The maximum absolute atomic E-state index is 11.8. The van der Waals surface area contributed by atoms with E-state index in [0.717, 1.165) is 0 Å². The normalized spacial score (nSPS) is 16.4. The lowest BCUT2D eigenvalue weighted by molar-refractivity contribution is -0.161. The van der Waals surface area contributed by atoms with Crippen LogP contribution in [-0.4, -0.2) is 31.3 Å². The summed E-state index contributed by atoms with van der Waals surface area (Å²) in [6.45, 7) is 2.78. The van der Waals surface area contributed by atoms with Crippen molar-refractivity contribution in [2.24, 2.45) is 0 Å². The average Bonchev–Trinajstić information content (AvgIpc) is 2.33. The predicted octanol–water partition coefficient (Wildman–Crippen LogP) is 1.30.